The van der Waals surface area contributed by atoms with Crippen LogP contribution in [0, 0.1) is 20.8 Å². The Morgan fingerprint density at radius 3 is 2.00 bits per heavy atom. The molecule has 2 aromatic heterocycles. The molecule has 2 heterocycles. The SMILES string of the molecule is CC.CC.Cc1cn2c(C)ccc(C)c2n1. The first-order chi connectivity index (χ1) is 7.68. The average Bonchev–Trinajstić information content (AvgIpc) is 2.72. The summed E-state index contributed by atoms with van der Waals surface area (Å²) >= 11 is 0. The van der Waals surface area contributed by atoms with Crippen molar-refractivity contribution in [1.29, 1.82) is 0 Å². The number of aryl methyl sites for hydroxylation is 3. The van der Waals surface area contributed by atoms with Gasteiger partial charge >= 0.3 is 0 Å². The number of hydrogen-bond donors (Lipinski definition) is 0. The second kappa shape index (κ2) is 7.04. The van der Waals surface area contributed by atoms with Crippen molar-refractivity contribution in [3.63, 3.8) is 0 Å². The zero-order valence-corrected chi connectivity index (χ0v) is 11.6. The van der Waals surface area contributed by atoms with Crippen molar-refractivity contribution in [1.82, 2.24) is 9.38 Å². The van der Waals surface area contributed by atoms with Gasteiger partial charge in [-0.3, -0.25) is 0 Å². The predicted molar refractivity (Wildman–Crippen MR) is 72.1 cm³/mol. The van der Waals surface area contributed by atoms with E-state index in [0.29, 0.717) is 0 Å². The standard InChI is InChI=1S/C10H12N2.2C2H6/c1-7-4-5-9(3)12-6-8(2)11-10(7)12;2*1-2/h4-6H,1-3H3;2*1-2H3. The van der Waals surface area contributed by atoms with Gasteiger partial charge in [-0.05, 0) is 32.4 Å². The van der Waals surface area contributed by atoms with Crippen LogP contribution >= 0.6 is 0 Å². The van der Waals surface area contributed by atoms with Gasteiger partial charge in [-0.15, -0.1) is 0 Å². The predicted octanol–water partition coefficient (Wildman–Crippen LogP) is 4.31. The average molecular weight is 220 g/mol. The number of hydrogen-bond acceptors (Lipinski definition) is 1. The van der Waals surface area contributed by atoms with E-state index in [2.05, 4.69) is 41.6 Å². The zero-order chi connectivity index (χ0) is 12.7. The highest BCUT2D eigenvalue weighted by Gasteiger charge is 2.01. The van der Waals surface area contributed by atoms with Crippen LogP contribution in [0.4, 0.5) is 0 Å². The van der Waals surface area contributed by atoms with Crippen molar-refractivity contribution in [3.05, 3.63) is 35.3 Å². The molecule has 0 fully saturated rings. The highest BCUT2D eigenvalue weighted by atomic mass is 15.0. The van der Waals surface area contributed by atoms with E-state index in [1.165, 1.54) is 11.3 Å². The molecule has 2 aromatic rings. The van der Waals surface area contributed by atoms with E-state index in [1.807, 2.05) is 34.6 Å². The van der Waals surface area contributed by atoms with E-state index >= 15 is 0 Å². The first-order valence-electron chi connectivity index (χ1n) is 6.10. The molecule has 0 bridgehead atoms. The lowest BCUT2D eigenvalue weighted by Gasteiger charge is -2.00. The fourth-order valence-corrected chi connectivity index (χ4v) is 1.45. The first-order valence-corrected chi connectivity index (χ1v) is 6.10. The molecule has 0 aliphatic heterocycles. The maximum absolute atomic E-state index is 4.44. The van der Waals surface area contributed by atoms with Gasteiger partial charge in [0.15, 0.2) is 0 Å². The molecule has 2 nitrogen and oxygen atoms in total. The van der Waals surface area contributed by atoms with E-state index in [4.69, 9.17) is 0 Å². The van der Waals surface area contributed by atoms with Crippen molar-refractivity contribution in [2.75, 3.05) is 0 Å². The monoisotopic (exact) mass is 220 g/mol. The molecule has 2 heteroatoms. The topological polar surface area (TPSA) is 17.3 Å². The summed E-state index contributed by atoms with van der Waals surface area (Å²) in [6.07, 6.45) is 2.07. The highest BCUT2D eigenvalue weighted by Crippen LogP contribution is 2.12. The third-order valence-corrected chi connectivity index (χ3v) is 2.13. The number of nitrogens with zero attached hydrogens (tertiary/aromatic N) is 2. The van der Waals surface area contributed by atoms with Crippen LogP contribution in [-0.4, -0.2) is 9.38 Å². The summed E-state index contributed by atoms with van der Waals surface area (Å²) in [5.41, 5.74) is 4.62. The maximum Gasteiger partial charge on any atom is 0.140 e. The van der Waals surface area contributed by atoms with E-state index < -0.39 is 0 Å². The van der Waals surface area contributed by atoms with Crippen LogP contribution in [0.25, 0.3) is 5.65 Å². The zero-order valence-electron chi connectivity index (χ0n) is 11.6. The summed E-state index contributed by atoms with van der Waals surface area (Å²) in [6.45, 7) is 14.2. The van der Waals surface area contributed by atoms with Gasteiger partial charge in [0.1, 0.15) is 5.65 Å². The van der Waals surface area contributed by atoms with Gasteiger partial charge in [-0.25, -0.2) is 4.98 Å². The van der Waals surface area contributed by atoms with Crippen LogP contribution in [0.5, 0.6) is 0 Å². The first kappa shape index (κ1) is 14.7. The number of aromatic nitrogens is 2. The number of pyridine rings is 1. The minimum absolute atomic E-state index is 1.08. The Balaban J connectivity index is 0.000000509. The van der Waals surface area contributed by atoms with E-state index in [-0.39, 0.29) is 0 Å². The van der Waals surface area contributed by atoms with Crippen molar-refractivity contribution in [3.8, 4) is 0 Å². The van der Waals surface area contributed by atoms with Gasteiger partial charge in [-0.2, -0.15) is 0 Å². The molecule has 0 spiro atoms. The summed E-state index contributed by atoms with van der Waals surface area (Å²) in [5, 5.41) is 0. The second-order valence-corrected chi connectivity index (χ2v) is 3.23. The van der Waals surface area contributed by atoms with Gasteiger partial charge in [0.2, 0.25) is 0 Å². The molecule has 2 rings (SSSR count). The lowest BCUT2D eigenvalue weighted by Crippen LogP contribution is -1.90. The summed E-state index contributed by atoms with van der Waals surface area (Å²) in [4.78, 5) is 4.44. The van der Waals surface area contributed by atoms with Crippen molar-refractivity contribution >= 4 is 5.65 Å². The van der Waals surface area contributed by atoms with E-state index in [0.717, 1.165) is 11.3 Å². The van der Waals surface area contributed by atoms with Crippen LogP contribution in [-0.2, 0) is 0 Å². The molecule has 0 aliphatic carbocycles. The minimum Gasteiger partial charge on any atom is -0.304 e. The van der Waals surface area contributed by atoms with Crippen molar-refractivity contribution < 1.29 is 0 Å². The molecule has 0 saturated heterocycles. The third-order valence-electron chi connectivity index (χ3n) is 2.13. The summed E-state index contributed by atoms with van der Waals surface area (Å²) in [6, 6.07) is 4.22. The molecular formula is C14H24N2. The molecule has 16 heavy (non-hydrogen) atoms. The quantitative estimate of drug-likeness (QED) is 0.646. The Morgan fingerprint density at radius 1 is 0.938 bits per heavy atom. The van der Waals surface area contributed by atoms with Gasteiger partial charge < -0.3 is 4.40 Å². The summed E-state index contributed by atoms with van der Waals surface area (Å²) in [5.74, 6) is 0. The molecule has 0 N–H and O–H groups in total. The molecule has 0 unspecified atom stereocenters. The molecule has 0 radical (unpaired) electrons. The van der Waals surface area contributed by atoms with Crippen LogP contribution in [0.3, 0.4) is 0 Å². The minimum atomic E-state index is 1.08. The molecule has 0 aliphatic rings. The Labute approximate surface area is 99.3 Å². The largest absolute Gasteiger partial charge is 0.304 e. The van der Waals surface area contributed by atoms with Crippen LogP contribution in [0.1, 0.15) is 44.6 Å². The van der Waals surface area contributed by atoms with Crippen LogP contribution in [0.2, 0.25) is 0 Å². The Morgan fingerprint density at radius 2 is 1.50 bits per heavy atom. The van der Waals surface area contributed by atoms with Gasteiger partial charge in [-0.1, -0.05) is 33.8 Å². The lowest BCUT2D eigenvalue weighted by molar-refractivity contribution is 1.08. The lowest BCUT2D eigenvalue weighted by atomic mass is 10.2. The Bertz CT molecular complexity index is 388. The van der Waals surface area contributed by atoms with Crippen molar-refractivity contribution in [2.24, 2.45) is 0 Å². The fraction of sp³-hybridized carbons (Fsp3) is 0.500. The van der Waals surface area contributed by atoms with Crippen LogP contribution in [0.15, 0.2) is 18.3 Å². The van der Waals surface area contributed by atoms with Crippen LogP contribution < -0.4 is 0 Å². The van der Waals surface area contributed by atoms with Gasteiger partial charge in [0.05, 0.1) is 5.69 Å². The molecular weight excluding hydrogens is 196 g/mol. The number of fused-ring (bicyclic) bond motifs is 1. The highest BCUT2D eigenvalue weighted by molar-refractivity contribution is 5.49. The summed E-state index contributed by atoms with van der Waals surface area (Å²) in [7, 11) is 0. The third kappa shape index (κ3) is 3.09. The normalized spacial score (nSPS) is 8.94. The second-order valence-electron chi connectivity index (χ2n) is 3.23. The molecule has 0 atom stereocenters. The molecule has 0 aromatic carbocycles. The van der Waals surface area contributed by atoms with Crippen molar-refractivity contribution in [2.45, 2.75) is 48.5 Å². The molecule has 0 saturated carbocycles. The van der Waals surface area contributed by atoms with Gasteiger partial charge in [0, 0.05) is 11.9 Å². The fourth-order valence-electron chi connectivity index (χ4n) is 1.45. The number of imidazole rings is 1. The van der Waals surface area contributed by atoms with Gasteiger partial charge in [0.25, 0.3) is 0 Å². The molecule has 90 valence electrons. The Hall–Kier alpha value is -1.31. The summed E-state index contributed by atoms with van der Waals surface area (Å²) < 4.78 is 2.13. The number of rotatable bonds is 0. The Kier molecular flexibility index (Phi) is 6.47. The maximum atomic E-state index is 4.44. The van der Waals surface area contributed by atoms with E-state index in [9.17, 15) is 0 Å². The smallest absolute Gasteiger partial charge is 0.140 e. The van der Waals surface area contributed by atoms with E-state index in [1.54, 1.807) is 0 Å². The molecule has 0 amide bonds.